The zero-order chi connectivity index (χ0) is 21.0. The van der Waals surface area contributed by atoms with Gasteiger partial charge in [-0.3, -0.25) is 4.90 Å². The highest BCUT2D eigenvalue weighted by atomic mass is 127. The van der Waals surface area contributed by atoms with Crippen molar-refractivity contribution in [1.29, 1.82) is 0 Å². The predicted octanol–water partition coefficient (Wildman–Crippen LogP) is 3.40. The number of guanidine groups is 1. The molecule has 174 valence electrons. The monoisotopic (exact) mass is 545 g/mol. The molecule has 2 aromatic heterocycles. The molecular formula is C22H36IN5O3. The molecule has 0 atom stereocenters. The van der Waals surface area contributed by atoms with E-state index in [1.165, 1.54) is 0 Å². The predicted molar refractivity (Wildman–Crippen MR) is 132 cm³/mol. The van der Waals surface area contributed by atoms with Gasteiger partial charge in [0.1, 0.15) is 12.3 Å². The van der Waals surface area contributed by atoms with Crippen molar-refractivity contribution in [2.24, 2.45) is 4.99 Å². The Morgan fingerprint density at radius 3 is 2.65 bits per heavy atom. The molecule has 2 N–H and O–H groups in total. The molecule has 8 nitrogen and oxygen atoms in total. The largest absolute Gasteiger partial charge is 0.469 e. The van der Waals surface area contributed by atoms with Crippen molar-refractivity contribution in [2.45, 2.75) is 45.6 Å². The fraction of sp³-hybridized carbons (Fsp3) is 0.636. The summed E-state index contributed by atoms with van der Waals surface area (Å²) in [5, 5.41) is 11.1. The summed E-state index contributed by atoms with van der Waals surface area (Å²) >= 11 is 0. The summed E-state index contributed by atoms with van der Waals surface area (Å²) in [7, 11) is 0. The third-order valence-electron chi connectivity index (χ3n) is 5.44. The van der Waals surface area contributed by atoms with E-state index in [4.69, 9.17) is 18.7 Å². The van der Waals surface area contributed by atoms with Crippen molar-refractivity contribution in [2.75, 3.05) is 45.9 Å². The minimum atomic E-state index is 0. The van der Waals surface area contributed by atoms with Crippen LogP contribution in [-0.2, 0) is 17.7 Å². The molecule has 9 heteroatoms. The summed E-state index contributed by atoms with van der Waals surface area (Å²) < 4.78 is 16.3. The van der Waals surface area contributed by atoms with Crippen LogP contribution in [0.5, 0.6) is 0 Å². The lowest BCUT2D eigenvalue weighted by Gasteiger charge is -2.26. The molecular weight excluding hydrogens is 509 g/mol. The first-order chi connectivity index (χ1) is 14.8. The van der Waals surface area contributed by atoms with Gasteiger partial charge in [0.15, 0.2) is 11.7 Å². The molecule has 31 heavy (non-hydrogen) atoms. The molecule has 1 fully saturated rings. The standard InChI is InChI=1S/C22H35N5O3.HI/c1-3-18(4-2)21-16-20(30-26-21)17-25-22(23-8-7-19-6-5-13-29-19)24-9-10-27-11-14-28-15-12-27;/h5-6,13,16,18H,3-4,7-12,14-15,17H2,1-2H3,(H2,23,24,25);1H. The van der Waals surface area contributed by atoms with E-state index < -0.39 is 0 Å². The maximum absolute atomic E-state index is 5.51. The van der Waals surface area contributed by atoms with Crippen LogP contribution in [0.2, 0.25) is 0 Å². The van der Waals surface area contributed by atoms with Crippen molar-refractivity contribution in [1.82, 2.24) is 20.7 Å². The third-order valence-corrected chi connectivity index (χ3v) is 5.44. The van der Waals surface area contributed by atoms with Crippen LogP contribution in [0.4, 0.5) is 0 Å². The van der Waals surface area contributed by atoms with E-state index in [9.17, 15) is 0 Å². The zero-order valence-electron chi connectivity index (χ0n) is 18.6. The first-order valence-electron chi connectivity index (χ1n) is 11.1. The van der Waals surface area contributed by atoms with Gasteiger partial charge in [0, 0.05) is 51.1 Å². The van der Waals surface area contributed by atoms with Gasteiger partial charge in [-0.2, -0.15) is 0 Å². The van der Waals surface area contributed by atoms with Gasteiger partial charge in [-0.05, 0) is 25.0 Å². The van der Waals surface area contributed by atoms with Crippen molar-refractivity contribution in [3.05, 3.63) is 41.7 Å². The molecule has 0 spiro atoms. The Kier molecular flexibility index (Phi) is 12.0. The summed E-state index contributed by atoms with van der Waals surface area (Å²) in [5.41, 5.74) is 1.03. The topological polar surface area (TPSA) is 88.1 Å². The van der Waals surface area contributed by atoms with Crippen LogP contribution in [0.25, 0.3) is 0 Å². The number of morpholine rings is 1. The molecule has 2 aromatic rings. The van der Waals surface area contributed by atoms with Crippen molar-refractivity contribution in [3.63, 3.8) is 0 Å². The fourth-order valence-electron chi connectivity index (χ4n) is 3.55. The number of aliphatic imine (C=N–C) groups is 1. The number of furan rings is 1. The third kappa shape index (κ3) is 8.82. The highest BCUT2D eigenvalue weighted by Crippen LogP contribution is 2.22. The van der Waals surface area contributed by atoms with Gasteiger partial charge >= 0.3 is 0 Å². The number of ether oxygens (including phenoxy) is 1. The highest BCUT2D eigenvalue weighted by Gasteiger charge is 2.13. The van der Waals surface area contributed by atoms with E-state index in [0.29, 0.717) is 12.5 Å². The molecule has 0 bridgehead atoms. The van der Waals surface area contributed by atoms with E-state index in [1.54, 1.807) is 6.26 Å². The van der Waals surface area contributed by atoms with E-state index >= 15 is 0 Å². The molecule has 0 radical (unpaired) electrons. The average Bonchev–Trinajstić information content (AvgIpc) is 3.46. The van der Waals surface area contributed by atoms with Crippen LogP contribution in [0.15, 0.2) is 38.4 Å². The minimum absolute atomic E-state index is 0. The van der Waals surface area contributed by atoms with Crippen molar-refractivity contribution < 1.29 is 13.7 Å². The average molecular weight is 545 g/mol. The van der Waals surface area contributed by atoms with Crippen molar-refractivity contribution in [3.8, 4) is 0 Å². The van der Waals surface area contributed by atoms with Crippen LogP contribution < -0.4 is 10.6 Å². The molecule has 0 aliphatic carbocycles. The summed E-state index contributed by atoms with van der Waals surface area (Å²) in [6, 6.07) is 5.93. The van der Waals surface area contributed by atoms with E-state index in [0.717, 1.165) is 88.4 Å². The van der Waals surface area contributed by atoms with Gasteiger partial charge in [-0.15, -0.1) is 24.0 Å². The molecule has 0 unspecified atom stereocenters. The number of aromatic nitrogens is 1. The van der Waals surface area contributed by atoms with Crippen LogP contribution >= 0.6 is 24.0 Å². The van der Waals surface area contributed by atoms with Gasteiger partial charge in [-0.1, -0.05) is 19.0 Å². The number of nitrogens with zero attached hydrogens (tertiary/aromatic N) is 3. The Labute approximate surface area is 202 Å². The molecule has 0 aromatic carbocycles. The van der Waals surface area contributed by atoms with E-state index in [2.05, 4.69) is 34.5 Å². The van der Waals surface area contributed by atoms with Crippen LogP contribution in [0.3, 0.4) is 0 Å². The van der Waals surface area contributed by atoms with Gasteiger partial charge < -0.3 is 24.3 Å². The maximum atomic E-state index is 5.51. The fourth-order valence-corrected chi connectivity index (χ4v) is 3.55. The molecule has 1 aliphatic rings. The maximum Gasteiger partial charge on any atom is 0.191 e. The van der Waals surface area contributed by atoms with E-state index in [-0.39, 0.29) is 24.0 Å². The molecule has 1 aliphatic heterocycles. The van der Waals surface area contributed by atoms with E-state index in [1.807, 2.05) is 18.2 Å². The first-order valence-corrected chi connectivity index (χ1v) is 11.1. The Morgan fingerprint density at radius 1 is 1.16 bits per heavy atom. The SMILES string of the molecule is CCC(CC)c1cc(CN=C(NCCc2ccco2)NCCN2CCOCC2)on1.I. The Balaban J connectivity index is 0.00000341. The first kappa shape index (κ1) is 25.7. The zero-order valence-corrected chi connectivity index (χ0v) is 21.0. The second kappa shape index (κ2) is 14.5. The summed E-state index contributed by atoms with van der Waals surface area (Å²) in [4.78, 5) is 7.10. The summed E-state index contributed by atoms with van der Waals surface area (Å²) in [5.74, 6) is 2.97. The smallest absolute Gasteiger partial charge is 0.191 e. The Hall–Kier alpha value is -1.59. The van der Waals surface area contributed by atoms with Crippen molar-refractivity contribution >= 4 is 29.9 Å². The summed E-state index contributed by atoms with van der Waals surface area (Å²) in [6.07, 6.45) is 4.63. The lowest BCUT2D eigenvalue weighted by Crippen LogP contribution is -2.44. The molecule has 3 heterocycles. The number of hydrogen-bond donors (Lipinski definition) is 2. The molecule has 0 saturated carbocycles. The van der Waals surface area contributed by atoms with Gasteiger partial charge in [-0.25, -0.2) is 4.99 Å². The second-order valence-corrected chi connectivity index (χ2v) is 7.53. The minimum Gasteiger partial charge on any atom is -0.469 e. The quantitative estimate of drug-likeness (QED) is 0.254. The molecule has 3 rings (SSSR count). The van der Waals surface area contributed by atoms with Crippen LogP contribution in [0.1, 0.15) is 49.8 Å². The molecule has 0 amide bonds. The lowest BCUT2D eigenvalue weighted by molar-refractivity contribution is 0.0389. The number of hydrogen-bond acceptors (Lipinski definition) is 6. The number of rotatable bonds is 11. The van der Waals surface area contributed by atoms with Crippen LogP contribution in [0, 0.1) is 0 Å². The summed E-state index contributed by atoms with van der Waals surface area (Å²) in [6.45, 7) is 10.9. The number of halogens is 1. The van der Waals surface area contributed by atoms with Crippen LogP contribution in [-0.4, -0.2) is 62.0 Å². The van der Waals surface area contributed by atoms with Gasteiger partial charge in [0.2, 0.25) is 0 Å². The Bertz CT molecular complexity index is 740. The Morgan fingerprint density at radius 2 is 1.94 bits per heavy atom. The normalized spacial score (nSPS) is 15.1. The number of nitrogens with one attached hydrogen (secondary N) is 2. The molecule has 1 saturated heterocycles. The lowest BCUT2D eigenvalue weighted by atomic mass is 9.99. The highest BCUT2D eigenvalue weighted by molar-refractivity contribution is 14.0. The van der Waals surface area contributed by atoms with Gasteiger partial charge in [0.25, 0.3) is 0 Å². The second-order valence-electron chi connectivity index (χ2n) is 7.53. The van der Waals surface area contributed by atoms with Gasteiger partial charge in [0.05, 0.1) is 25.2 Å².